The first kappa shape index (κ1) is 8.42. The molecule has 1 saturated heterocycles. The monoisotopic (exact) mass is 160 g/mol. The van der Waals surface area contributed by atoms with Crippen LogP contribution in [0.4, 0.5) is 0 Å². The summed E-state index contributed by atoms with van der Waals surface area (Å²) in [4.78, 5) is 11.6. The van der Waals surface area contributed by atoms with Gasteiger partial charge in [-0.15, -0.1) is 0 Å². The van der Waals surface area contributed by atoms with Crippen molar-refractivity contribution in [2.24, 2.45) is 0 Å². The summed E-state index contributed by atoms with van der Waals surface area (Å²) in [5.74, 6) is 0. The maximum Gasteiger partial charge on any atom is 0.259 e. The minimum Gasteiger partial charge on any atom is -0.376 e. The second-order valence-corrected chi connectivity index (χ2v) is 2.73. The molecule has 0 bridgehead atoms. The van der Waals surface area contributed by atoms with Crippen molar-refractivity contribution >= 4 is 0 Å². The summed E-state index contributed by atoms with van der Waals surface area (Å²) in [6.07, 6.45) is 0.128. The summed E-state index contributed by atoms with van der Waals surface area (Å²) in [5.41, 5.74) is 0. The molecule has 1 aliphatic heterocycles. The molecule has 0 spiro atoms. The molecule has 11 heavy (non-hydrogen) atoms. The van der Waals surface area contributed by atoms with Crippen LogP contribution in [0.15, 0.2) is 0 Å². The van der Waals surface area contributed by atoms with E-state index in [1.165, 1.54) is 0 Å². The van der Waals surface area contributed by atoms with Crippen LogP contribution < -0.4 is 0 Å². The van der Waals surface area contributed by atoms with Crippen LogP contribution in [-0.2, 0) is 4.74 Å². The van der Waals surface area contributed by atoms with Gasteiger partial charge in [0, 0.05) is 18.0 Å². The summed E-state index contributed by atoms with van der Waals surface area (Å²) < 4.78 is 5.23. The Kier molecular flexibility index (Phi) is 2.78. The lowest BCUT2D eigenvalue weighted by Gasteiger charge is -2.27. The first-order chi connectivity index (χ1) is 5.18. The van der Waals surface area contributed by atoms with E-state index in [4.69, 9.17) is 4.74 Å². The zero-order chi connectivity index (χ0) is 8.27. The molecule has 0 aromatic heterocycles. The fraction of sp³-hybridized carbons (Fsp3) is 1.00. The molecule has 0 amide bonds. The lowest BCUT2D eigenvalue weighted by atomic mass is 10.3. The van der Waals surface area contributed by atoms with Crippen molar-refractivity contribution in [1.29, 1.82) is 0 Å². The first-order valence-electron chi connectivity index (χ1n) is 3.64. The van der Waals surface area contributed by atoms with Crippen LogP contribution in [0, 0.1) is 10.1 Å². The lowest BCUT2D eigenvalue weighted by Crippen LogP contribution is -2.43. The maximum atomic E-state index is 10.1. The molecule has 5 heteroatoms. The molecule has 0 radical (unpaired) electrons. The van der Waals surface area contributed by atoms with E-state index < -0.39 is 0 Å². The van der Waals surface area contributed by atoms with Crippen LogP contribution in [-0.4, -0.2) is 42.3 Å². The van der Waals surface area contributed by atoms with Crippen LogP contribution >= 0.6 is 0 Å². The average Bonchev–Trinajstić information content (AvgIpc) is 1.85. The fourth-order valence-corrected chi connectivity index (χ4v) is 1.18. The van der Waals surface area contributed by atoms with Crippen LogP contribution in [0.5, 0.6) is 0 Å². The molecule has 0 aromatic carbocycles. The normalized spacial score (nSPS) is 26.8. The third-order valence-electron chi connectivity index (χ3n) is 1.64. The number of hydrogen-bond acceptors (Lipinski definition) is 4. The number of ether oxygens (including phenoxy) is 1. The van der Waals surface area contributed by atoms with Gasteiger partial charge in [0.2, 0.25) is 0 Å². The van der Waals surface area contributed by atoms with Crippen molar-refractivity contribution in [3.8, 4) is 0 Å². The maximum absolute atomic E-state index is 10.1. The van der Waals surface area contributed by atoms with Crippen LogP contribution in [0.1, 0.15) is 6.92 Å². The number of morpholine rings is 1. The van der Waals surface area contributed by atoms with Gasteiger partial charge in [0.05, 0.1) is 12.7 Å². The van der Waals surface area contributed by atoms with Crippen molar-refractivity contribution in [2.45, 2.75) is 13.0 Å². The van der Waals surface area contributed by atoms with Crippen LogP contribution in [0.3, 0.4) is 0 Å². The van der Waals surface area contributed by atoms with Crippen molar-refractivity contribution < 1.29 is 9.66 Å². The number of nitro groups is 1. The van der Waals surface area contributed by atoms with Gasteiger partial charge in [-0.25, -0.2) is 4.90 Å². The smallest absolute Gasteiger partial charge is 0.259 e. The molecule has 0 saturated carbocycles. The number of rotatable bonds is 2. The van der Waals surface area contributed by atoms with Crippen molar-refractivity contribution in [2.75, 3.05) is 26.4 Å². The lowest BCUT2D eigenvalue weighted by molar-refractivity contribution is -0.506. The molecule has 0 N–H and O–H groups in total. The van der Waals surface area contributed by atoms with E-state index >= 15 is 0 Å². The van der Waals surface area contributed by atoms with Crippen LogP contribution in [0.2, 0.25) is 0 Å². The van der Waals surface area contributed by atoms with Crippen molar-refractivity contribution in [3.63, 3.8) is 0 Å². The van der Waals surface area contributed by atoms with Gasteiger partial charge < -0.3 is 4.74 Å². The highest BCUT2D eigenvalue weighted by molar-refractivity contribution is 4.64. The molecule has 1 heterocycles. The fourth-order valence-electron chi connectivity index (χ4n) is 1.18. The Morgan fingerprint density at radius 2 is 2.55 bits per heavy atom. The third-order valence-corrected chi connectivity index (χ3v) is 1.64. The molecule has 0 aliphatic carbocycles. The topological polar surface area (TPSA) is 55.6 Å². The Bertz CT molecular complexity index is 151. The Hall–Kier alpha value is -0.680. The number of nitrogens with zero attached hydrogens (tertiary/aromatic N) is 2. The molecule has 64 valence electrons. The SMILES string of the molecule is CC1CN(C[N+](=O)[O-])CCO1. The molecule has 5 nitrogen and oxygen atoms in total. The second kappa shape index (κ2) is 3.64. The average molecular weight is 160 g/mol. The summed E-state index contributed by atoms with van der Waals surface area (Å²) >= 11 is 0. The molecule has 1 unspecified atom stereocenters. The molecule has 1 atom stereocenters. The quantitative estimate of drug-likeness (QED) is 0.419. The van der Waals surface area contributed by atoms with Crippen molar-refractivity contribution in [3.05, 3.63) is 10.1 Å². The van der Waals surface area contributed by atoms with Gasteiger partial charge >= 0.3 is 0 Å². The number of hydrogen-bond donors (Lipinski definition) is 0. The molecular weight excluding hydrogens is 148 g/mol. The Labute approximate surface area is 65.1 Å². The predicted octanol–water partition coefficient (Wildman–Crippen LogP) is -0.0587. The zero-order valence-corrected chi connectivity index (χ0v) is 6.52. The van der Waals surface area contributed by atoms with E-state index in [2.05, 4.69) is 0 Å². The molecular formula is C6H12N2O3. The van der Waals surface area contributed by atoms with E-state index in [-0.39, 0.29) is 17.7 Å². The minimum atomic E-state index is -0.308. The van der Waals surface area contributed by atoms with Gasteiger partial charge in [0.15, 0.2) is 0 Å². The summed E-state index contributed by atoms with van der Waals surface area (Å²) in [6.45, 7) is 3.81. The Morgan fingerprint density at radius 3 is 3.09 bits per heavy atom. The third kappa shape index (κ3) is 2.81. The summed E-state index contributed by atoms with van der Waals surface area (Å²) in [5, 5.41) is 10.1. The van der Waals surface area contributed by atoms with Gasteiger partial charge in [-0.2, -0.15) is 0 Å². The highest BCUT2D eigenvalue weighted by Gasteiger charge is 2.19. The van der Waals surface area contributed by atoms with Gasteiger partial charge in [-0.05, 0) is 6.92 Å². The predicted molar refractivity (Wildman–Crippen MR) is 38.8 cm³/mol. The van der Waals surface area contributed by atoms with E-state index in [0.29, 0.717) is 19.7 Å². The standard InChI is InChI=1S/C6H12N2O3/c1-6-4-7(2-3-11-6)5-8(9)10/h6H,2-5H2,1H3. The zero-order valence-electron chi connectivity index (χ0n) is 6.52. The van der Waals surface area contributed by atoms with Gasteiger partial charge in [0.25, 0.3) is 6.67 Å². The Morgan fingerprint density at radius 1 is 1.82 bits per heavy atom. The van der Waals surface area contributed by atoms with Gasteiger partial charge in [-0.1, -0.05) is 0 Å². The van der Waals surface area contributed by atoms with E-state index in [9.17, 15) is 10.1 Å². The summed E-state index contributed by atoms with van der Waals surface area (Å²) in [6, 6.07) is 0. The highest BCUT2D eigenvalue weighted by Crippen LogP contribution is 2.02. The second-order valence-electron chi connectivity index (χ2n) is 2.73. The highest BCUT2D eigenvalue weighted by atomic mass is 16.6. The summed E-state index contributed by atoms with van der Waals surface area (Å²) in [7, 11) is 0. The molecule has 0 aromatic rings. The Balaban J connectivity index is 2.28. The van der Waals surface area contributed by atoms with Gasteiger partial charge in [-0.3, -0.25) is 10.1 Å². The van der Waals surface area contributed by atoms with Gasteiger partial charge in [0.1, 0.15) is 0 Å². The van der Waals surface area contributed by atoms with Crippen molar-refractivity contribution in [1.82, 2.24) is 4.90 Å². The molecule has 1 fully saturated rings. The molecule has 1 aliphatic rings. The molecule has 1 rings (SSSR count). The van der Waals surface area contributed by atoms with E-state index in [0.717, 1.165) is 0 Å². The van der Waals surface area contributed by atoms with Crippen LogP contribution in [0.25, 0.3) is 0 Å². The first-order valence-corrected chi connectivity index (χ1v) is 3.64. The van der Waals surface area contributed by atoms with E-state index in [1.807, 2.05) is 6.92 Å². The largest absolute Gasteiger partial charge is 0.376 e. The van der Waals surface area contributed by atoms with E-state index in [1.54, 1.807) is 4.90 Å². The minimum absolute atomic E-state index is 0.0618.